The Morgan fingerprint density at radius 3 is 2.55 bits per heavy atom. The summed E-state index contributed by atoms with van der Waals surface area (Å²) in [4.78, 5) is 36.1. The highest BCUT2D eigenvalue weighted by atomic mass is 32.2. The Morgan fingerprint density at radius 1 is 1.05 bits per heavy atom. The lowest BCUT2D eigenvalue weighted by Gasteiger charge is -2.36. The highest BCUT2D eigenvalue weighted by molar-refractivity contribution is 7.90. The molecule has 13 heteroatoms. The van der Waals surface area contributed by atoms with Gasteiger partial charge in [-0.1, -0.05) is 6.07 Å². The molecule has 1 amide bonds. The van der Waals surface area contributed by atoms with Crippen LogP contribution in [0.15, 0.2) is 42.7 Å². The SMILES string of the molecule is CNCC(=O)OC1CCN(C(=O)C2CCC(Nc3nccc(-n4ccc5c(OCCCS(C)(=O)=O)cccc54)n3)CC2)CC1. The molecule has 3 heterocycles. The maximum atomic E-state index is 13.2. The number of amides is 1. The van der Waals surface area contributed by atoms with E-state index in [1.54, 1.807) is 13.2 Å². The number of likely N-dealkylation sites (N-methyl/N-ethyl adjacent to an activating group) is 1. The molecule has 12 nitrogen and oxygen atoms in total. The second kappa shape index (κ2) is 14.4. The second-order valence-corrected chi connectivity index (χ2v) is 13.9. The van der Waals surface area contributed by atoms with Gasteiger partial charge in [-0.15, -0.1) is 0 Å². The maximum Gasteiger partial charge on any atom is 0.320 e. The first-order valence-electron chi connectivity index (χ1n) is 15.3. The van der Waals surface area contributed by atoms with E-state index in [1.165, 1.54) is 6.26 Å². The Balaban J connectivity index is 1.13. The zero-order chi connectivity index (χ0) is 31.1. The quantitative estimate of drug-likeness (QED) is 0.227. The minimum Gasteiger partial charge on any atom is -0.493 e. The van der Waals surface area contributed by atoms with E-state index in [0.29, 0.717) is 50.7 Å². The van der Waals surface area contributed by atoms with Crippen molar-refractivity contribution in [3.8, 4) is 11.6 Å². The highest BCUT2D eigenvalue weighted by Gasteiger charge is 2.32. The number of likely N-dealkylation sites (tertiary alicyclic amines) is 1. The molecule has 0 bridgehead atoms. The summed E-state index contributed by atoms with van der Waals surface area (Å²) in [7, 11) is -1.31. The van der Waals surface area contributed by atoms with E-state index < -0.39 is 9.84 Å². The van der Waals surface area contributed by atoms with Gasteiger partial charge in [0.2, 0.25) is 11.9 Å². The van der Waals surface area contributed by atoms with Gasteiger partial charge in [-0.05, 0) is 63.4 Å². The van der Waals surface area contributed by atoms with Crippen LogP contribution < -0.4 is 15.4 Å². The molecule has 1 saturated heterocycles. The third-order valence-corrected chi connectivity index (χ3v) is 9.31. The molecule has 2 fully saturated rings. The summed E-state index contributed by atoms with van der Waals surface area (Å²) in [5.74, 6) is 2.02. The topological polar surface area (TPSA) is 145 Å². The molecule has 1 aliphatic carbocycles. The summed E-state index contributed by atoms with van der Waals surface area (Å²) in [6, 6.07) is 9.78. The number of nitrogens with one attached hydrogen (secondary N) is 2. The monoisotopic (exact) mass is 626 g/mol. The van der Waals surface area contributed by atoms with Crippen LogP contribution >= 0.6 is 0 Å². The van der Waals surface area contributed by atoms with Crippen molar-refractivity contribution in [2.24, 2.45) is 5.92 Å². The fraction of sp³-hybridized carbons (Fsp3) is 0.548. The van der Waals surface area contributed by atoms with Gasteiger partial charge in [0.25, 0.3) is 0 Å². The van der Waals surface area contributed by atoms with Crippen LogP contribution in [0, 0.1) is 5.92 Å². The number of anilines is 1. The number of esters is 1. The van der Waals surface area contributed by atoms with Gasteiger partial charge >= 0.3 is 5.97 Å². The lowest BCUT2D eigenvalue weighted by molar-refractivity contribution is -0.151. The van der Waals surface area contributed by atoms with Gasteiger partial charge in [0, 0.05) is 61.9 Å². The number of ether oxygens (including phenoxy) is 2. The molecule has 2 N–H and O–H groups in total. The molecule has 1 aromatic carbocycles. The fourth-order valence-electron chi connectivity index (χ4n) is 6.01. The van der Waals surface area contributed by atoms with Crippen molar-refractivity contribution in [3.63, 3.8) is 0 Å². The summed E-state index contributed by atoms with van der Waals surface area (Å²) in [5.41, 5.74) is 0.925. The van der Waals surface area contributed by atoms with Gasteiger partial charge in [-0.2, -0.15) is 4.98 Å². The van der Waals surface area contributed by atoms with Crippen molar-refractivity contribution in [1.29, 1.82) is 0 Å². The number of fused-ring (bicyclic) bond motifs is 1. The molecular formula is C31H42N6O6S. The number of hydrogen-bond donors (Lipinski definition) is 2. The summed E-state index contributed by atoms with van der Waals surface area (Å²) in [5, 5.41) is 7.20. The van der Waals surface area contributed by atoms with Crippen molar-refractivity contribution in [2.75, 3.05) is 50.6 Å². The molecule has 44 heavy (non-hydrogen) atoms. The number of piperidine rings is 1. The Labute approximate surface area is 258 Å². The zero-order valence-corrected chi connectivity index (χ0v) is 26.2. The molecule has 3 aromatic rings. The van der Waals surface area contributed by atoms with Crippen LogP contribution in [0.3, 0.4) is 0 Å². The summed E-state index contributed by atoms with van der Waals surface area (Å²) in [6.07, 6.45) is 9.91. The normalized spacial score (nSPS) is 19.5. The van der Waals surface area contributed by atoms with E-state index in [4.69, 9.17) is 14.5 Å². The average Bonchev–Trinajstić information content (AvgIpc) is 3.45. The maximum absolute atomic E-state index is 13.2. The molecule has 1 aliphatic heterocycles. The molecular weight excluding hydrogens is 584 g/mol. The van der Waals surface area contributed by atoms with Gasteiger partial charge in [-0.3, -0.25) is 9.59 Å². The molecule has 0 spiro atoms. The van der Waals surface area contributed by atoms with Crippen molar-refractivity contribution in [3.05, 3.63) is 42.7 Å². The van der Waals surface area contributed by atoms with Gasteiger partial charge in [0.05, 0.1) is 24.4 Å². The second-order valence-electron chi connectivity index (χ2n) is 11.7. The Bertz CT molecular complexity index is 1540. The van der Waals surface area contributed by atoms with Crippen molar-refractivity contribution >= 4 is 38.6 Å². The van der Waals surface area contributed by atoms with Gasteiger partial charge in [0.1, 0.15) is 27.5 Å². The number of rotatable bonds is 12. The molecule has 1 saturated carbocycles. The van der Waals surface area contributed by atoms with Crippen LogP contribution in [0.1, 0.15) is 44.9 Å². The fourth-order valence-corrected chi connectivity index (χ4v) is 6.65. The predicted octanol–water partition coefficient (Wildman–Crippen LogP) is 2.96. The van der Waals surface area contributed by atoms with Crippen molar-refractivity contribution in [2.45, 2.75) is 57.1 Å². The van der Waals surface area contributed by atoms with E-state index in [0.717, 1.165) is 42.4 Å². The lowest BCUT2D eigenvalue weighted by atomic mass is 9.85. The number of carbonyl (C=O) groups excluding carboxylic acids is 2. The largest absolute Gasteiger partial charge is 0.493 e. The first-order chi connectivity index (χ1) is 21.2. The number of sulfone groups is 1. The number of benzene rings is 1. The van der Waals surface area contributed by atoms with E-state index in [2.05, 4.69) is 15.6 Å². The first kappa shape index (κ1) is 31.7. The summed E-state index contributed by atoms with van der Waals surface area (Å²) >= 11 is 0. The Hall–Kier alpha value is -3.71. The van der Waals surface area contributed by atoms with Gasteiger partial charge in [-0.25, -0.2) is 13.4 Å². The van der Waals surface area contributed by atoms with Crippen LogP contribution in [-0.4, -0.2) is 97.2 Å². The molecule has 2 aromatic heterocycles. The molecule has 5 rings (SSSR count). The lowest BCUT2D eigenvalue weighted by Crippen LogP contribution is -2.45. The number of carbonyl (C=O) groups is 2. The predicted molar refractivity (Wildman–Crippen MR) is 168 cm³/mol. The van der Waals surface area contributed by atoms with Crippen LogP contribution in [0.25, 0.3) is 16.7 Å². The molecule has 2 aliphatic rings. The zero-order valence-electron chi connectivity index (χ0n) is 25.4. The minimum absolute atomic E-state index is 0.0118. The standard InChI is InChI=1S/C31H42N6O6S/c1-32-21-29(38)43-24-12-16-36(17-13-24)30(39)22-7-9-23(10-8-22)34-31-33-15-11-28(35-31)37-18-14-25-26(37)5-3-6-27(25)42-19-4-20-44(2,40)41/h3,5-6,11,14-15,18,22-24,32H,4,7-10,12-13,16-17,19-21H2,1-2H3,(H,33,34,35). The summed E-state index contributed by atoms with van der Waals surface area (Å²) < 4.78 is 36.2. The van der Waals surface area contributed by atoms with Crippen molar-refractivity contribution in [1.82, 2.24) is 24.8 Å². The van der Waals surface area contributed by atoms with Gasteiger partial charge in [0.15, 0.2) is 0 Å². The average molecular weight is 627 g/mol. The smallest absolute Gasteiger partial charge is 0.320 e. The molecule has 0 atom stereocenters. The van der Waals surface area contributed by atoms with Gasteiger partial charge < -0.3 is 29.6 Å². The summed E-state index contributed by atoms with van der Waals surface area (Å²) in [6.45, 7) is 1.77. The van der Waals surface area contributed by atoms with Crippen LogP contribution in [0.2, 0.25) is 0 Å². The minimum atomic E-state index is -3.02. The Morgan fingerprint density at radius 2 is 1.82 bits per heavy atom. The number of aromatic nitrogens is 3. The molecule has 238 valence electrons. The molecule has 0 radical (unpaired) electrons. The third kappa shape index (κ3) is 8.26. The van der Waals surface area contributed by atoms with Crippen LogP contribution in [0.5, 0.6) is 5.75 Å². The van der Waals surface area contributed by atoms with E-state index >= 15 is 0 Å². The van der Waals surface area contributed by atoms with E-state index in [9.17, 15) is 18.0 Å². The first-order valence-corrected chi connectivity index (χ1v) is 17.4. The Kier molecular flexibility index (Phi) is 10.4. The van der Waals surface area contributed by atoms with Crippen LogP contribution in [-0.2, 0) is 24.2 Å². The number of hydrogen-bond acceptors (Lipinski definition) is 10. The highest BCUT2D eigenvalue weighted by Crippen LogP contribution is 2.30. The molecule has 0 unspecified atom stereocenters. The van der Waals surface area contributed by atoms with E-state index in [-0.39, 0.29) is 42.2 Å². The van der Waals surface area contributed by atoms with E-state index in [1.807, 2.05) is 46.0 Å². The number of nitrogens with zero attached hydrogens (tertiary/aromatic N) is 4. The third-order valence-electron chi connectivity index (χ3n) is 8.28. The van der Waals surface area contributed by atoms with Crippen LogP contribution in [0.4, 0.5) is 5.95 Å². The van der Waals surface area contributed by atoms with Crippen molar-refractivity contribution < 1.29 is 27.5 Å².